The van der Waals surface area contributed by atoms with E-state index in [1.165, 1.54) is 38.0 Å². The molecule has 3 rings (SSSR count). The topological polar surface area (TPSA) is 35.5 Å². The standard InChI is InChI=1S/C15H22N2O/c18-11-13-5-3-12(4-6-13)8-17-9-14-2-1-7-16-15(14)10-17/h3-6,14-16,18H,1-2,7-11H2. The van der Waals surface area contributed by atoms with Crippen molar-refractivity contribution in [1.29, 1.82) is 0 Å². The number of nitrogens with one attached hydrogen (secondary N) is 1. The molecule has 0 radical (unpaired) electrons. The van der Waals surface area contributed by atoms with E-state index in [0.29, 0.717) is 0 Å². The highest BCUT2D eigenvalue weighted by Gasteiger charge is 2.33. The van der Waals surface area contributed by atoms with Gasteiger partial charge in [0, 0.05) is 25.7 Å². The van der Waals surface area contributed by atoms with Gasteiger partial charge >= 0.3 is 0 Å². The van der Waals surface area contributed by atoms with E-state index >= 15 is 0 Å². The molecule has 0 bridgehead atoms. The molecule has 3 heteroatoms. The van der Waals surface area contributed by atoms with Gasteiger partial charge in [-0.05, 0) is 36.4 Å². The number of likely N-dealkylation sites (tertiary alicyclic amines) is 1. The highest BCUT2D eigenvalue weighted by molar-refractivity contribution is 5.22. The average Bonchev–Trinajstić information content (AvgIpc) is 2.82. The zero-order chi connectivity index (χ0) is 12.4. The molecule has 2 saturated heterocycles. The minimum atomic E-state index is 0.137. The smallest absolute Gasteiger partial charge is 0.0681 e. The zero-order valence-electron chi connectivity index (χ0n) is 10.8. The number of rotatable bonds is 3. The van der Waals surface area contributed by atoms with E-state index in [2.05, 4.69) is 22.3 Å². The van der Waals surface area contributed by atoms with Crippen LogP contribution in [0.1, 0.15) is 24.0 Å². The first kappa shape index (κ1) is 12.2. The summed E-state index contributed by atoms with van der Waals surface area (Å²) in [4.78, 5) is 2.56. The van der Waals surface area contributed by atoms with Crippen LogP contribution in [0, 0.1) is 5.92 Å². The summed E-state index contributed by atoms with van der Waals surface area (Å²) in [5.41, 5.74) is 2.35. The molecule has 98 valence electrons. The van der Waals surface area contributed by atoms with Gasteiger partial charge in [0.05, 0.1) is 6.61 Å². The molecular formula is C15H22N2O. The number of hydrogen-bond donors (Lipinski definition) is 2. The number of piperidine rings is 1. The zero-order valence-corrected chi connectivity index (χ0v) is 10.8. The lowest BCUT2D eigenvalue weighted by molar-refractivity contribution is 0.281. The van der Waals surface area contributed by atoms with Crippen molar-refractivity contribution in [1.82, 2.24) is 10.2 Å². The van der Waals surface area contributed by atoms with Crippen molar-refractivity contribution in [2.45, 2.75) is 32.0 Å². The Labute approximate surface area is 109 Å². The molecule has 2 heterocycles. The van der Waals surface area contributed by atoms with Crippen molar-refractivity contribution in [3.05, 3.63) is 35.4 Å². The number of benzene rings is 1. The van der Waals surface area contributed by atoms with Gasteiger partial charge in [-0.2, -0.15) is 0 Å². The first-order valence-electron chi connectivity index (χ1n) is 6.99. The molecule has 2 N–H and O–H groups in total. The summed E-state index contributed by atoms with van der Waals surface area (Å²) in [6.07, 6.45) is 2.72. The fraction of sp³-hybridized carbons (Fsp3) is 0.600. The predicted octanol–water partition coefficient (Wildman–Crippen LogP) is 1.36. The fourth-order valence-electron chi connectivity index (χ4n) is 3.27. The quantitative estimate of drug-likeness (QED) is 0.845. The van der Waals surface area contributed by atoms with Gasteiger partial charge < -0.3 is 10.4 Å². The van der Waals surface area contributed by atoms with Gasteiger partial charge in [0.1, 0.15) is 0 Å². The Hall–Kier alpha value is -0.900. The molecule has 0 aliphatic carbocycles. The van der Waals surface area contributed by atoms with Crippen LogP contribution < -0.4 is 5.32 Å². The minimum absolute atomic E-state index is 0.137. The Morgan fingerprint density at radius 1 is 1.17 bits per heavy atom. The van der Waals surface area contributed by atoms with Gasteiger partial charge in [0.2, 0.25) is 0 Å². The third kappa shape index (κ3) is 2.58. The number of aliphatic hydroxyl groups is 1. The maximum Gasteiger partial charge on any atom is 0.0681 e. The van der Waals surface area contributed by atoms with E-state index in [4.69, 9.17) is 5.11 Å². The van der Waals surface area contributed by atoms with Crippen LogP contribution in [0.5, 0.6) is 0 Å². The van der Waals surface area contributed by atoms with Crippen molar-refractivity contribution in [3.8, 4) is 0 Å². The third-order valence-corrected chi connectivity index (χ3v) is 4.29. The highest BCUT2D eigenvalue weighted by atomic mass is 16.3. The molecule has 0 saturated carbocycles. The molecule has 2 unspecified atom stereocenters. The molecule has 2 aliphatic heterocycles. The van der Waals surface area contributed by atoms with Crippen LogP contribution in [0.15, 0.2) is 24.3 Å². The van der Waals surface area contributed by atoms with Gasteiger partial charge in [-0.3, -0.25) is 4.90 Å². The highest BCUT2D eigenvalue weighted by Crippen LogP contribution is 2.26. The first-order valence-corrected chi connectivity index (χ1v) is 6.99. The van der Waals surface area contributed by atoms with Gasteiger partial charge in [-0.1, -0.05) is 24.3 Å². The number of hydrogen-bond acceptors (Lipinski definition) is 3. The predicted molar refractivity (Wildman–Crippen MR) is 72.2 cm³/mol. The Bertz CT molecular complexity index is 376. The van der Waals surface area contributed by atoms with E-state index in [9.17, 15) is 0 Å². The van der Waals surface area contributed by atoms with Crippen molar-refractivity contribution >= 4 is 0 Å². The average molecular weight is 246 g/mol. The van der Waals surface area contributed by atoms with Crippen LogP contribution in [-0.2, 0) is 13.2 Å². The van der Waals surface area contributed by atoms with Crippen LogP contribution in [0.4, 0.5) is 0 Å². The summed E-state index contributed by atoms with van der Waals surface area (Å²) in [5.74, 6) is 0.857. The van der Waals surface area contributed by atoms with Crippen LogP contribution in [0.2, 0.25) is 0 Å². The van der Waals surface area contributed by atoms with Crippen LogP contribution in [-0.4, -0.2) is 35.7 Å². The summed E-state index contributed by atoms with van der Waals surface area (Å²) in [6, 6.07) is 9.05. The van der Waals surface area contributed by atoms with E-state index < -0.39 is 0 Å². The largest absolute Gasteiger partial charge is 0.392 e. The Kier molecular flexibility index (Phi) is 3.64. The second-order valence-electron chi connectivity index (χ2n) is 5.63. The van der Waals surface area contributed by atoms with E-state index in [-0.39, 0.29) is 6.61 Å². The van der Waals surface area contributed by atoms with Gasteiger partial charge in [-0.15, -0.1) is 0 Å². The molecule has 2 fully saturated rings. The second-order valence-corrected chi connectivity index (χ2v) is 5.63. The van der Waals surface area contributed by atoms with Gasteiger partial charge in [0.25, 0.3) is 0 Å². The summed E-state index contributed by atoms with van der Waals surface area (Å²) < 4.78 is 0. The molecule has 2 atom stereocenters. The van der Waals surface area contributed by atoms with Crippen LogP contribution in [0.3, 0.4) is 0 Å². The Morgan fingerprint density at radius 2 is 1.94 bits per heavy atom. The van der Waals surface area contributed by atoms with Crippen molar-refractivity contribution < 1.29 is 5.11 Å². The fourth-order valence-corrected chi connectivity index (χ4v) is 3.27. The SMILES string of the molecule is OCc1ccc(CN2CC3CCCNC3C2)cc1. The molecule has 1 aromatic carbocycles. The first-order chi connectivity index (χ1) is 8.85. The molecule has 1 aromatic rings. The second kappa shape index (κ2) is 5.39. The third-order valence-electron chi connectivity index (χ3n) is 4.29. The lowest BCUT2D eigenvalue weighted by Gasteiger charge is -2.24. The molecule has 0 spiro atoms. The number of aliphatic hydroxyl groups excluding tert-OH is 1. The van der Waals surface area contributed by atoms with E-state index in [1.807, 2.05) is 12.1 Å². The summed E-state index contributed by atoms with van der Waals surface area (Å²) >= 11 is 0. The Balaban J connectivity index is 1.59. The summed E-state index contributed by atoms with van der Waals surface area (Å²) in [7, 11) is 0. The lowest BCUT2D eigenvalue weighted by Crippen LogP contribution is -2.40. The van der Waals surface area contributed by atoms with Crippen molar-refractivity contribution in [2.75, 3.05) is 19.6 Å². The maximum atomic E-state index is 9.03. The monoisotopic (exact) mass is 246 g/mol. The minimum Gasteiger partial charge on any atom is -0.392 e. The molecule has 3 nitrogen and oxygen atoms in total. The van der Waals surface area contributed by atoms with Crippen molar-refractivity contribution in [3.63, 3.8) is 0 Å². The van der Waals surface area contributed by atoms with Crippen LogP contribution in [0.25, 0.3) is 0 Å². The normalized spacial score (nSPS) is 28.3. The van der Waals surface area contributed by atoms with Gasteiger partial charge in [-0.25, -0.2) is 0 Å². The summed E-state index contributed by atoms with van der Waals surface area (Å²) in [5, 5.41) is 12.7. The summed E-state index contributed by atoms with van der Waals surface area (Å²) in [6.45, 7) is 4.80. The molecule has 18 heavy (non-hydrogen) atoms. The lowest BCUT2D eigenvalue weighted by atomic mass is 9.94. The molecular weight excluding hydrogens is 224 g/mol. The number of fused-ring (bicyclic) bond motifs is 1. The molecule has 0 amide bonds. The maximum absolute atomic E-state index is 9.03. The molecule has 0 aromatic heterocycles. The van der Waals surface area contributed by atoms with Gasteiger partial charge in [0.15, 0.2) is 0 Å². The van der Waals surface area contributed by atoms with E-state index in [1.54, 1.807) is 0 Å². The van der Waals surface area contributed by atoms with Crippen molar-refractivity contribution in [2.24, 2.45) is 5.92 Å². The number of nitrogens with zero attached hydrogens (tertiary/aromatic N) is 1. The van der Waals surface area contributed by atoms with E-state index in [0.717, 1.165) is 24.1 Å². The van der Waals surface area contributed by atoms with Crippen LogP contribution >= 0.6 is 0 Å². The Morgan fingerprint density at radius 3 is 2.67 bits per heavy atom. The molecule has 2 aliphatic rings.